The highest BCUT2D eigenvalue weighted by atomic mass is 35.5. The minimum atomic E-state index is 0.154. The van der Waals surface area contributed by atoms with Crippen LogP contribution in [0, 0.1) is 0 Å². The maximum Gasteiger partial charge on any atom is 0.142 e. The maximum absolute atomic E-state index is 6.07. The van der Waals surface area contributed by atoms with Crippen molar-refractivity contribution in [1.29, 1.82) is 0 Å². The molecule has 0 radical (unpaired) electrons. The first-order valence-electron chi connectivity index (χ1n) is 6.95. The number of hydrogen-bond donors (Lipinski definition) is 1. The molecule has 104 valence electrons. The summed E-state index contributed by atoms with van der Waals surface area (Å²) in [5.41, 5.74) is 1.14. The fourth-order valence-electron chi connectivity index (χ4n) is 3.08. The lowest BCUT2D eigenvalue weighted by Gasteiger charge is -2.47. The molecule has 1 heterocycles. The first kappa shape index (κ1) is 13.1. The van der Waals surface area contributed by atoms with Crippen molar-refractivity contribution in [2.24, 2.45) is 0 Å². The zero-order valence-corrected chi connectivity index (χ0v) is 12.0. The van der Waals surface area contributed by atoms with Crippen molar-refractivity contribution in [3.05, 3.63) is 23.2 Å². The van der Waals surface area contributed by atoms with Crippen molar-refractivity contribution < 1.29 is 9.47 Å². The van der Waals surface area contributed by atoms with Gasteiger partial charge in [0, 0.05) is 17.7 Å². The number of methoxy groups -OCH3 is 1. The molecule has 0 amide bonds. The summed E-state index contributed by atoms with van der Waals surface area (Å²) in [6.45, 7) is 0.848. The normalized spacial score (nSPS) is 24.8. The van der Waals surface area contributed by atoms with Crippen molar-refractivity contribution in [2.75, 3.05) is 19.0 Å². The molecule has 0 aromatic heterocycles. The molecule has 1 aromatic carbocycles. The van der Waals surface area contributed by atoms with Crippen LogP contribution in [0.25, 0.3) is 0 Å². The largest absolute Gasteiger partial charge is 0.495 e. The molecule has 0 bridgehead atoms. The van der Waals surface area contributed by atoms with Gasteiger partial charge in [-0.25, -0.2) is 0 Å². The first-order chi connectivity index (χ1) is 9.21. The second-order valence-corrected chi connectivity index (χ2v) is 6.00. The summed E-state index contributed by atoms with van der Waals surface area (Å²) in [5, 5.41) is 4.31. The van der Waals surface area contributed by atoms with E-state index in [2.05, 4.69) is 5.32 Å². The molecule has 2 aliphatic rings. The summed E-state index contributed by atoms with van der Waals surface area (Å²) < 4.78 is 11.3. The van der Waals surface area contributed by atoms with Crippen LogP contribution in [-0.2, 0) is 4.74 Å². The Morgan fingerprint density at radius 2 is 2.26 bits per heavy atom. The molecule has 1 atom stereocenters. The van der Waals surface area contributed by atoms with E-state index < -0.39 is 0 Å². The van der Waals surface area contributed by atoms with E-state index in [1.165, 1.54) is 19.3 Å². The standard InChI is InChI=1S/C15H20ClNO2/c1-18-14-4-3-11(16)9-13(14)17-12-5-8-19-15(10-12)6-2-7-15/h3-4,9,12,17H,2,5-8,10H2,1H3. The van der Waals surface area contributed by atoms with Crippen molar-refractivity contribution in [3.63, 3.8) is 0 Å². The monoisotopic (exact) mass is 281 g/mol. The van der Waals surface area contributed by atoms with E-state index >= 15 is 0 Å². The molecule has 1 saturated carbocycles. The Kier molecular flexibility index (Phi) is 3.59. The average Bonchev–Trinajstić information content (AvgIpc) is 2.37. The number of benzene rings is 1. The Morgan fingerprint density at radius 1 is 1.42 bits per heavy atom. The van der Waals surface area contributed by atoms with Gasteiger partial charge in [-0.1, -0.05) is 11.6 Å². The predicted molar refractivity (Wildman–Crippen MR) is 77.2 cm³/mol. The molecule has 3 nitrogen and oxygen atoms in total. The minimum Gasteiger partial charge on any atom is -0.495 e. The fraction of sp³-hybridized carbons (Fsp3) is 0.600. The quantitative estimate of drug-likeness (QED) is 0.912. The maximum atomic E-state index is 6.07. The third-order valence-electron chi connectivity index (χ3n) is 4.28. The van der Waals surface area contributed by atoms with Gasteiger partial charge in [0.25, 0.3) is 0 Å². The molecule has 2 fully saturated rings. The highest BCUT2D eigenvalue weighted by molar-refractivity contribution is 6.30. The topological polar surface area (TPSA) is 30.5 Å². The average molecular weight is 282 g/mol. The van der Waals surface area contributed by atoms with Gasteiger partial charge in [0.1, 0.15) is 5.75 Å². The lowest BCUT2D eigenvalue weighted by Crippen LogP contribution is -2.49. The molecule has 3 rings (SSSR count). The Morgan fingerprint density at radius 3 is 2.95 bits per heavy atom. The summed E-state index contributed by atoms with van der Waals surface area (Å²) in [6.07, 6.45) is 5.84. The molecule has 1 aliphatic heterocycles. The van der Waals surface area contributed by atoms with Crippen LogP contribution in [0.15, 0.2) is 18.2 Å². The minimum absolute atomic E-state index is 0.154. The molecule has 1 aliphatic carbocycles. The van der Waals surface area contributed by atoms with Gasteiger partial charge in [0.05, 0.1) is 18.4 Å². The molecule has 1 unspecified atom stereocenters. The summed E-state index contributed by atoms with van der Waals surface area (Å²) in [4.78, 5) is 0. The van der Waals surface area contributed by atoms with Crippen LogP contribution in [0.1, 0.15) is 32.1 Å². The Balaban J connectivity index is 1.72. The van der Waals surface area contributed by atoms with E-state index in [1.54, 1.807) is 7.11 Å². The molecule has 1 spiro atoms. The van der Waals surface area contributed by atoms with Gasteiger partial charge < -0.3 is 14.8 Å². The summed E-state index contributed by atoms with van der Waals surface area (Å²) in [5.74, 6) is 0.846. The highest BCUT2D eigenvalue weighted by Crippen LogP contribution is 2.43. The van der Waals surface area contributed by atoms with Crippen molar-refractivity contribution in [1.82, 2.24) is 0 Å². The number of ether oxygens (including phenoxy) is 2. The van der Waals surface area contributed by atoms with E-state index in [0.717, 1.165) is 35.9 Å². The van der Waals surface area contributed by atoms with Gasteiger partial charge in [-0.3, -0.25) is 0 Å². The summed E-state index contributed by atoms with van der Waals surface area (Å²) in [7, 11) is 1.69. The molecule has 4 heteroatoms. The number of hydrogen-bond acceptors (Lipinski definition) is 3. The van der Waals surface area contributed by atoms with Gasteiger partial charge in [-0.2, -0.15) is 0 Å². The predicted octanol–water partition coefficient (Wildman–Crippen LogP) is 3.86. The lowest BCUT2D eigenvalue weighted by atomic mass is 9.74. The lowest BCUT2D eigenvalue weighted by molar-refractivity contribution is -0.130. The van der Waals surface area contributed by atoms with Gasteiger partial charge in [0.15, 0.2) is 0 Å². The molecule has 1 saturated heterocycles. The number of anilines is 1. The smallest absolute Gasteiger partial charge is 0.142 e. The van der Waals surface area contributed by atoms with Crippen LogP contribution < -0.4 is 10.1 Å². The zero-order valence-electron chi connectivity index (χ0n) is 11.2. The molecular formula is C15H20ClNO2. The molecule has 1 N–H and O–H groups in total. The number of rotatable bonds is 3. The van der Waals surface area contributed by atoms with Crippen LogP contribution in [0.2, 0.25) is 5.02 Å². The van der Waals surface area contributed by atoms with Gasteiger partial charge in [0.2, 0.25) is 0 Å². The van der Waals surface area contributed by atoms with E-state index in [4.69, 9.17) is 21.1 Å². The molecular weight excluding hydrogens is 262 g/mol. The van der Waals surface area contributed by atoms with Crippen LogP contribution in [0.5, 0.6) is 5.75 Å². The van der Waals surface area contributed by atoms with Crippen LogP contribution in [0.3, 0.4) is 0 Å². The van der Waals surface area contributed by atoms with E-state index in [-0.39, 0.29) is 5.60 Å². The van der Waals surface area contributed by atoms with Crippen LogP contribution in [-0.4, -0.2) is 25.4 Å². The molecule has 19 heavy (non-hydrogen) atoms. The van der Waals surface area contributed by atoms with Gasteiger partial charge in [-0.15, -0.1) is 0 Å². The zero-order chi connectivity index (χ0) is 13.3. The Hall–Kier alpha value is -0.930. The summed E-state index contributed by atoms with van der Waals surface area (Å²) in [6, 6.07) is 6.14. The van der Waals surface area contributed by atoms with Crippen molar-refractivity contribution in [3.8, 4) is 5.75 Å². The van der Waals surface area contributed by atoms with Crippen molar-refractivity contribution in [2.45, 2.75) is 43.7 Å². The third kappa shape index (κ3) is 2.67. The summed E-state index contributed by atoms with van der Waals surface area (Å²) >= 11 is 6.07. The Labute approximate surface area is 119 Å². The van der Waals surface area contributed by atoms with E-state index in [9.17, 15) is 0 Å². The SMILES string of the molecule is COc1ccc(Cl)cc1NC1CCOC2(CCC2)C1. The van der Waals surface area contributed by atoms with Gasteiger partial charge in [-0.05, 0) is 50.3 Å². The van der Waals surface area contributed by atoms with Gasteiger partial charge >= 0.3 is 0 Å². The Bertz CT molecular complexity index is 459. The molecule has 1 aromatic rings. The number of nitrogens with one attached hydrogen (secondary N) is 1. The van der Waals surface area contributed by atoms with Crippen LogP contribution in [0.4, 0.5) is 5.69 Å². The second kappa shape index (κ2) is 5.22. The van der Waals surface area contributed by atoms with Crippen LogP contribution >= 0.6 is 11.6 Å². The van der Waals surface area contributed by atoms with Crippen molar-refractivity contribution >= 4 is 17.3 Å². The second-order valence-electron chi connectivity index (χ2n) is 5.56. The highest BCUT2D eigenvalue weighted by Gasteiger charge is 2.42. The van der Waals surface area contributed by atoms with E-state index in [0.29, 0.717) is 6.04 Å². The fourth-order valence-corrected chi connectivity index (χ4v) is 3.26. The van der Waals surface area contributed by atoms with E-state index in [1.807, 2.05) is 18.2 Å². The first-order valence-corrected chi connectivity index (χ1v) is 7.33. The third-order valence-corrected chi connectivity index (χ3v) is 4.51. The number of halogens is 1.